The molecule has 0 unspecified atom stereocenters. The number of Topliss-reactive ketones (excluding diaryl/α,β-unsaturated/α-hetero) is 2. The highest BCUT2D eigenvalue weighted by Gasteiger charge is 2.72. The lowest BCUT2D eigenvalue weighted by molar-refractivity contribution is -0.385. The molecule has 0 fully saturated rings. The number of rotatable bonds is 14. The van der Waals surface area contributed by atoms with Crippen LogP contribution in [0.4, 0.5) is 37.7 Å². The number of carbonyl (C=O) groups is 4. The summed E-state index contributed by atoms with van der Waals surface area (Å²) in [4.78, 5) is 74.6. The smallest absolute Gasteiger partial charge is 0.411 e. The van der Waals surface area contributed by atoms with E-state index in [9.17, 15) is 39.4 Å². The summed E-state index contributed by atoms with van der Waals surface area (Å²) in [6.07, 6.45) is -15.7. The van der Waals surface area contributed by atoms with Crippen molar-refractivity contribution in [1.29, 1.82) is 0 Å². The van der Waals surface area contributed by atoms with Crippen molar-refractivity contribution in [3.05, 3.63) is 222 Å². The first kappa shape index (κ1) is 44.5. The molecule has 18 heteroatoms. The van der Waals surface area contributed by atoms with Crippen molar-refractivity contribution in [3.8, 4) is 0 Å². The summed E-state index contributed by atoms with van der Waals surface area (Å²) < 4.78 is 101. The molecular weight excluding hydrogens is 842 g/mol. The fourth-order valence-electron chi connectivity index (χ4n) is 6.64. The standard InChI is InChI=1S/C45H28F6N2O10/c46-44(47,48)43(45(49,50)51,33-19-11-31(12-20-33)41(56)62-39(37(54)27-7-3-1-4-8-27)29-15-23-35(24-16-29)52(58)59)34-21-13-32(14-22-34)42(57)63-40(38(55)28-9-5-2-6-10-28)30-17-25-36(26-18-30)53(60)61/h1-26,39-40H/t39-,40-/m0/s1. The third-order valence-electron chi connectivity index (χ3n) is 9.81. The van der Waals surface area contributed by atoms with Crippen molar-refractivity contribution in [1.82, 2.24) is 0 Å². The highest BCUT2D eigenvalue weighted by Crippen LogP contribution is 2.56. The summed E-state index contributed by atoms with van der Waals surface area (Å²) in [6.45, 7) is 0. The van der Waals surface area contributed by atoms with Gasteiger partial charge in [0.05, 0.1) is 21.0 Å². The van der Waals surface area contributed by atoms with Crippen LogP contribution in [0.2, 0.25) is 0 Å². The van der Waals surface area contributed by atoms with Gasteiger partial charge in [0, 0.05) is 46.5 Å². The molecule has 0 amide bonds. The fourth-order valence-corrected chi connectivity index (χ4v) is 6.64. The number of benzene rings is 6. The van der Waals surface area contributed by atoms with E-state index in [1.54, 1.807) is 12.1 Å². The maximum absolute atomic E-state index is 15.1. The van der Waals surface area contributed by atoms with Crippen LogP contribution in [-0.2, 0) is 14.9 Å². The maximum atomic E-state index is 15.1. The zero-order chi connectivity index (χ0) is 45.7. The molecule has 0 saturated heterocycles. The van der Waals surface area contributed by atoms with Gasteiger partial charge in [0.2, 0.25) is 17.0 Å². The summed E-state index contributed by atoms with van der Waals surface area (Å²) >= 11 is 0. The number of ether oxygens (including phenoxy) is 2. The Labute approximate surface area is 351 Å². The third-order valence-corrected chi connectivity index (χ3v) is 9.81. The molecule has 0 N–H and O–H groups in total. The Morgan fingerprint density at radius 2 is 0.730 bits per heavy atom. The molecule has 12 nitrogen and oxygen atoms in total. The Kier molecular flexibility index (Phi) is 12.7. The van der Waals surface area contributed by atoms with E-state index in [0.717, 1.165) is 48.5 Å². The maximum Gasteiger partial charge on any atom is 0.411 e. The highest BCUT2D eigenvalue weighted by atomic mass is 19.4. The first-order valence-electron chi connectivity index (χ1n) is 18.3. The molecule has 0 aromatic heterocycles. The fraction of sp³-hybridized carbons (Fsp3) is 0.111. The van der Waals surface area contributed by atoms with Crippen LogP contribution in [0, 0.1) is 20.2 Å². The quantitative estimate of drug-likeness (QED) is 0.0337. The highest BCUT2D eigenvalue weighted by molar-refractivity contribution is 6.03. The minimum absolute atomic E-state index is 0.0235. The van der Waals surface area contributed by atoms with E-state index in [1.165, 1.54) is 48.5 Å². The monoisotopic (exact) mass is 870 g/mol. The lowest BCUT2D eigenvalue weighted by atomic mass is 9.72. The third kappa shape index (κ3) is 9.19. The SMILES string of the molecule is O=C(O[C@H](C(=O)c1ccccc1)c1ccc([N+](=O)[O-])cc1)c1ccc(C(c2ccc(C(=O)O[C@H](C(=O)c3ccccc3)c3ccc([N+](=O)[O-])cc3)cc2)(C(F)(F)F)C(F)(F)F)cc1. The van der Waals surface area contributed by atoms with E-state index >= 15 is 26.3 Å². The summed E-state index contributed by atoms with van der Waals surface area (Å²) in [5, 5.41) is 22.4. The molecule has 0 saturated carbocycles. The summed E-state index contributed by atoms with van der Waals surface area (Å²) in [5.41, 5.74) is -9.33. The predicted molar refractivity (Wildman–Crippen MR) is 210 cm³/mol. The number of nitrogens with zero attached hydrogens (tertiary/aromatic N) is 2. The number of nitro groups is 2. The second kappa shape index (κ2) is 17.9. The molecule has 6 aromatic carbocycles. The molecular formula is C45H28F6N2O10. The molecule has 0 heterocycles. The van der Waals surface area contributed by atoms with Crippen LogP contribution in [0.25, 0.3) is 0 Å². The molecule has 0 aliphatic heterocycles. The van der Waals surface area contributed by atoms with Gasteiger partial charge in [0.1, 0.15) is 0 Å². The molecule has 2 atom stereocenters. The Hall–Kier alpha value is -8.02. The van der Waals surface area contributed by atoms with Crippen molar-refractivity contribution >= 4 is 34.9 Å². The lowest BCUT2D eigenvalue weighted by Gasteiger charge is -2.38. The summed E-state index contributed by atoms with van der Waals surface area (Å²) in [6, 6.07) is 27.7. The minimum atomic E-state index is -6.10. The van der Waals surface area contributed by atoms with Crippen molar-refractivity contribution in [2.45, 2.75) is 30.0 Å². The van der Waals surface area contributed by atoms with Crippen LogP contribution in [0.3, 0.4) is 0 Å². The number of hydrogen-bond acceptors (Lipinski definition) is 10. The number of carbonyl (C=O) groups excluding carboxylic acids is 4. The van der Waals surface area contributed by atoms with Gasteiger partial charge in [-0.2, -0.15) is 26.3 Å². The van der Waals surface area contributed by atoms with E-state index in [4.69, 9.17) is 9.47 Å². The Morgan fingerprint density at radius 1 is 0.429 bits per heavy atom. The van der Waals surface area contributed by atoms with Crippen LogP contribution in [0.15, 0.2) is 158 Å². The average Bonchev–Trinajstić information content (AvgIpc) is 3.27. The molecule has 0 aliphatic carbocycles. The van der Waals surface area contributed by atoms with Crippen LogP contribution >= 0.6 is 0 Å². The van der Waals surface area contributed by atoms with Crippen molar-refractivity contribution in [3.63, 3.8) is 0 Å². The van der Waals surface area contributed by atoms with Crippen LogP contribution < -0.4 is 0 Å². The van der Waals surface area contributed by atoms with Gasteiger partial charge in [-0.3, -0.25) is 29.8 Å². The van der Waals surface area contributed by atoms with E-state index in [1.807, 2.05) is 0 Å². The molecule has 0 spiro atoms. The Balaban J connectivity index is 1.31. The topological polar surface area (TPSA) is 173 Å². The van der Waals surface area contributed by atoms with Crippen molar-refractivity contribution in [2.75, 3.05) is 0 Å². The normalized spacial score (nSPS) is 12.7. The van der Waals surface area contributed by atoms with Crippen molar-refractivity contribution in [2.24, 2.45) is 0 Å². The largest absolute Gasteiger partial charge is 0.445 e. The number of hydrogen-bond donors (Lipinski definition) is 0. The van der Waals surface area contributed by atoms with Gasteiger partial charge in [-0.15, -0.1) is 0 Å². The van der Waals surface area contributed by atoms with Gasteiger partial charge in [0.15, 0.2) is 12.2 Å². The zero-order valence-electron chi connectivity index (χ0n) is 31.9. The van der Waals surface area contributed by atoms with Gasteiger partial charge in [0.25, 0.3) is 11.4 Å². The molecule has 0 bridgehead atoms. The summed E-state index contributed by atoms with van der Waals surface area (Å²) in [7, 11) is 0. The summed E-state index contributed by atoms with van der Waals surface area (Å²) in [5.74, 6) is -4.25. The van der Waals surface area contributed by atoms with Gasteiger partial charge >= 0.3 is 24.3 Å². The molecule has 320 valence electrons. The van der Waals surface area contributed by atoms with Gasteiger partial charge in [-0.25, -0.2) is 9.59 Å². The lowest BCUT2D eigenvalue weighted by Crippen LogP contribution is -2.54. The van der Waals surface area contributed by atoms with Crippen LogP contribution in [-0.4, -0.2) is 45.7 Å². The van der Waals surface area contributed by atoms with Gasteiger partial charge in [-0.1, -0.05) is 84.9 Å². The van der Waals surface area contributed by atoms with Gasteiger partial charge in [-0.05, 0) is 59.7 Å². The van der Waals surface area contributed by atoms with Crippen molar-refractivity contribution < 1.29 is 64.8 Å². The molecule has 6 aromatic rings. The van der Waals surface area contributed by atoms with E-state index in [2.05, 4.69) is 0 Å². The second-order valence-electron chi connectivity index (χ2n) is 13.6. The zero-order valence-corrected chi connectivity index (χ0v) is 31.9. The van der Waals surface area contributed by atoms with Crippen LogP contribution in [0.5, 0.6) is 0 Å². The van der Waals surface area contributed by atoms with E-state index < -0.39 is 85.6 Å². The van der Waals surface area contributed by atoms with E-state index in [0.29, 0.717) is 48.5 Å². The Morgan fingerprint density at radius 3 is 1.00 bits per heavy atom. The number of nitro benzene ring substituents is 2. The first-order chi connectivity index (χ1) is 29.8. The number of non-ortho nitro benzene ring substituents is 2. The molecule has 0 aliphatic rings. The number of esters is 2. The molecule has 0 radical (unpaired) electrons. The average molecular weight is 871 g/mol. The Bertz CT molecular complexity index is 2470. The molecule has 6 rings (SSSR count). The van der Waals surface area contributed by atoms with Gasteiger partial charge < -0.3 is 9.47 Å². The number of ketones is 2. The van der Waals surface area contributed by atoms with E-state index in [-0.39, 0.29) is 33.6 Å². The van der Waals surface area contributed by atoms with Crippen LogP contribution in [0.1, 0.15) is 75.9 Å². The predicted octanol–water partition coefficient (Wildman–Crippen LogP) is 10.5. The second-order valence-corrected chi connectivity index (χ2v) is 13.6. The number of alkyl halides is 6. The number of halogens is 6. The first-order valence-corrected chi connectivity index (χ1v) is 18.3. The molecule has 63 heavy (non-hydrogen) atoms. The minimum Gasteiger partial charge on any atom is -0.445 e.